The zero-order valence-electron chi connectivity index (χ0n) is 5.84. The molecule has 1 N–H and O–H groups in total. The second-order valence-corrected chi connectivity index (χ2v) is 2.05. The van der Waals surface area contributed by atoms with Crippen LogP contribution < -0.4 is 0 Å². The molecular weight excluding hydrogens is 149 g/mol. The number of carbonyl (C=O) groups is 1. The maximum atomic E-state index is 12.5. The smallest absolute Gasteiger partial charge is 0.182 e. The summed E-state index contributed by atoms with van der Waals surface area (Å²) < 4.78 is 12.5. The monoisotopic (exact) mass is 155 g/mol. The summed E-state index contributed by atoms with van der Waals surface area (Å²) in [6, 6.07) is 0.988. The van der Waals surface area contributed by atoms with Crippen molar-refractivity contribution in [3.05, 3.63) is 23.8 Å². The van der Waals surface area contributed by atoms with E-state index in [2.05, 4.69) is 4.98 Å². The van der Waals surface area contributed by atoms with E-state index in [0.717, 1.165) is 12.3 Å². The van der Waals surface area contributed by atoms with Gasteiger partial charge in [0.25, 0.3) is 0 Å². The topological polar surface area (TPSA) is 50.2 Å². The highest BCUT2D eigenvalue weighted by molar-refractivity contribution is 5.94. The highest BCUT2D eigenvalue weighted by atomic mass is 19.1. The maximum absolute atomic E-state index is 12.5. The fourth-order valence-electron chi connectivity index (χ4n) is 0.688. The van der Waals surface area contributed by atoms with Crippen LogP contribution in [0.25, 0.3) is 0 Å². The van der Waals surface area contributed by atoms with E-state index in [4.69, 9.17) is 5.11 Å². The third-order valence-corrected chi connectivity index (χ3v) is 1.21. The number of carbonyl (C=O) groups excluding carboxylic acids is 1. The molecule has 0 unspecified atom stereocenters. The number of ketones is 1. The van der Waals surface area contributed by atoms with Gasteiger partial charge in [-0.25, -0.2) is 9.37 Å². The van der Waals surface area contributed by atoms with Gasteiger partial charge in [0.15, 0.2) is 23.0 Å². The lowest BCUT2D eigenvalue weighted by Gasteiger charge is -1.97. The second-order valence-electron chi connectivity index (χ2n) is 2.05. The van der Waals surface area contributed by atoms with Crippen molar-refractivity contribution in [3.63, 3.8) is 0 Å². The number of aromatic hydroxyl groups is 1. The molecule has 1 aromatic rings. The van der Waals surface area contributed by atoms with Crippen LogP contribution in [0.2, 0.25) is 0 Å². The van der Waals surface area contributed by atoms with E-state index in [1.165, 1.54) is 6.92 Å². The Balaban J connectivity index is 3.27. The molecule has 0 bridgehead atoms. The Morgan fingerprint density at radius 1 is 1.73 bits per heavy atom. The summed E-state index contributed by atoms with van der Waals surface area (Å²) in [6.07, 6.45) is 1.13. The SMILES string of the molecule is CC(=O)c1nccc(F)c1O. The third kappa shape index (κ3) is 1.34. The molecule has 0 amide bonds. The molecule has 11 heavy (non-hydrogen) atoms. The molecular formula is C7H6FNO2. The van der Waals surface area contributed by atoms with Gasteiger partial charge in [0.2, 0.25) is 0 Å². The van der Waals surface area contributed by atoms with Crippen LogP contribution >= 0.6 is 0 Å². The minimum Gasteiger partial charge on any atom is -0.503 e. The highest BCUT2D eigenvalue weighted by Crippen LogP contribution is 2.17. The summed E-state index contributed by atoms with van der Waals surface area (Å²) in [5.41, 5.74) is -0.231. The number of hydrogen-bond donors (Lipinski definition) is 1. The Bertz CT molecular complexity index is 298. The molecule has 0 aliphatic heterocycles. The van der Waals surface area contributed by atoms with Crippen LogP contribution in [0.3, 0.4) is 0 Å². The normalized spacial score (nSPS) is 9.64. The Morgan fingerprint density at radius 2 is 2.36 bits per heavy atom. The van der Waals surface area contributed by atoms with Crippen molar-refractivity contribution in [1.82, 2.24) is 4.98 Å². The number of halogens is 1. The van der Waals surface area contributed by atoms with Gasteiger partial charge in [-0.1, -0.05) is 0 Å². The summed E-state index contributed by atoms with van der Waals surface area (Å²) in [4.78, 5) is 14.1. The number of pyridine rings is 1. The summed E-state index contributed by atoms with van der Waals surface area (Å²) in [5.74, 6) is -1.97. The molecule has 0 aliphatic rings. The van der Waals surface area contributed by atoms with E-state index in [0.29, 0.717) is 0 Å². The Hall–Kier alpha value is -1.45. The zero-order chi connectivity index (χ0) is 8.43. The second kappa shape index (κ2) is 2.65. The molecule has 0 aliphatic carbocycles. The number of nitrogens with zero attached hydrogens (tertiary/aromatic N) is 1. The van der Waals surface area contributed by atoms with Crippen molar-refractivity contribution in [2.75, 3.05) is 0 Å². The number of aromatic nitrogens is 1. The largest absolute Gasteiger partial charge is 0.503 e. The van der Waals surface area contributed by atoms with Gasteiger partial charge in [0, 0.05) is 13.1 Å². The first kappa shape index (κ1) is 7.65. The van der Waals surface area contributed by atoms with Gasteiger partial charge in [0.1, 0.15) is 0 Å². The molecule has 1 heterocycles. The van der Waals surface area contributed by atoms with Gasteiger partial charge < -0.3 is 5.11 Å². The van der Waals surface area contributed by atoms with Crippen molar-refractivity contribution in [2.45, 2.75) is 6.92 Å². The predicted octanol–water partition coefficient (Wildman–Crippen LogP) is 1.13. The molecule has 4 heteroatoms. The maximum Gasteiger partial charge on any atom is 0.182 e. The highest BCUT2D eigenvalue weighted by Gasteiger charge is 2.10. The molecule has 0 spiro atoms. The van der Waals surface area contributed by atoms with E-state index >= 15 is 0 Å². The number of rotatable bonds is 1. The minimum absolute atomic E-state index is 0.231. The zero-order valence-corrected chi connectivity index (χ0v) is 5.84. The van der Waals surface area contributed by atoms with Crippen molar-refractivity contribution in [3.8, 4) is 5.75 Å². The van der Waals surface area contributed by atoms with Crippen molar-refractivity contribution < 1.29 is 14.3 Å². The molecule has 3 nitrogen and oxygen atoms in total. The van der Waals surface area contributed by atoms with Crippen molar-refractivity contribution in [2.24, 2.45) is 0 Å². The molecule has 58 valence electrons. The van der Waals surface area contributed by atoms with Gasteiger partial charge >= 0.3 is 0 Å². The van der Waals surface area contributed by atoms with E-state index < -0.39 is 17.3 Å². The fourth-order valence-corrected chi connectivity index (χ4v) is 0.688. The summed E-state index contributed by atoms with van der Waals surface area (Å²) in [7, 11) is 0. The van der Waals surface area contributed by atoms with Gasteiger partial charge in [-0.05, 0) is 6.07 Å². The molecule has 1 rings (SSSR count). The van der Waals surface area contributed by atoms with E-state index in [1.54, 1.807) is 0 Å². The standard InChI is InChI=1S/C7H6FNO2/c1-4(10)6-7(11)5(8)2-3-9-6/h2-3,11H,1H3. The van der Waals surface area contributed by atoms with Crippen LogP contribution in [0.5, 0.6) is 5.75 Å². The summed E-state index contributed by atoms with van der Waals surface area (Å²) in [5, 5.41) is 8.91. The van der Waals surface area contributed by atoms with Gasteiger partial charge in [-0.3, -0.25) is 4.79 Å². The molecule has 0 aromatic carbocycles. The summed E-state index contributed by atoms with van der Waals surface area (Å²) >= 11 is 0. The Kier molecular flexibility index (Phi) is 1.85. The lowest BCUT2D eigenvalue weighted by atomic mass is 10.2. The van der Waals surface area contributed by atoms with Gasteiger partial charge in [-0.2, -0.15) is 0 Å². The van der Waals surface area contributed by atoms with Crippen LogP contribution in [0.1, 0.15) is 17.4 Å². The van der Waals surface area contributed by atoms with Crippen LogP contribution in [0, 0.1) is 5.82 Å². The number of Topliss-reactive ketones (excluding diaryl/α,β-unsaturated/α-hetero) is 1. The average molecular weight is 155 g/mol. The first-order chi connectivity index (χ1) is 5.13. The van der Waals surface area contributed by atoms with Crippen LogP contribution in [-0.2, 0) is 0 Å². The molecule has 1 aromatic heterocycles. The van der Waals surface area contributed by atoms with Crippen LogP contribution in [-0.4, -0.2) is 15.9 Å². The summed E-state index contributed by atoms with van der Waals surface area (Å²) in [6.45, 7) is 1.21. The van der Waals surface area contributed by atoms with Crippen molar-refractivity contribution in [1.29, 1.82) is 0 Å². The number of hydrogen-bond acceptors (Lipinski definition) is 3. The quantitative estimate of drug-likeness (QED) is 0.618. The van der Waals surface area contributed by atoms with Crippen LogP contribution in [0.15, 0.2) is 12.3 Å². The first-order valence-electron chi connectivity index (χ1n) is 2.97. The average Bonchev–Trinajstić information content (AvgIpc) is 1.94. The molecule has 0 saturated carbocycles. The lowest BCUT2D eigenvalue weighted by molar-refractivity contribution is 0.100. The molecule has 0 radical (unpaired) electrons. The third-order valence-electron chi connectivity index (χ3n) is 1.21. The molecule has 0 atom stereocenters. The van der Waals surface area contributed by atoms with E-state index in [1.807, 2.05) is 0 Å². The van der Waals surface area contributed by atoms with Crippen LogP contribution in [0.4, 0.5) is 4.39 Å². The molecule has 0 fully saturated rings. The van der Waals surface area contributed by atoms with Gasteiger partial charge in [-0.15, -0.1) is 0 Å². The molecule has 0 saturated heterocycles. The van der Waals surface area contributed by atoms with E-state index in [-0.39, 0.29) is 5.69 Å². The van der Waals surface area contributed by atoms with E-state index in [9.17, 15) is 9.18 Å². The predicted molar refractivity (Wildman–Crippen MR) is 35.9 cm³/mol. The minimum atomic E-state index is -0.829. The Morgan fingerprint density at radius 3 is 2.82 bits per heavy atom. The lowest BCUT2D eigenvalue weighted by Crippen LogP contribution is -1.97. The first-order valence-corrected chi connectivity index (χ1v) is 2.97. The Labute approximate surface area is 62.5 Å². The van der Waals surface area contributed by atoms with Gasteiger partial charge in [0.05, 0.1) is 0 Å². The van der Waals surface area contributed by atoms with Crippen molar-refractivity contribution >= 4 is 5.78 Å². The fraction of sp³-hybridized carbons (Fsp3) is 0.143.